The number of ether oxygens (including phenoxy) is 2. The van der Waals surface area contributed by atoms with Gasteiger partial charge < -0.3 is 14.8 Å². The third kappa shape index (κ3) is 5.38. The molecule has 0 heterocycles. The molecule has 4 nitrogen and oxygen atoms in total. The molecule has 0 spiro atoms. The summed E-state index contributed by atoms with van der Waals surface area (Å²) in [6.45, 7) is 6.65. The van der Waals surface area contributed by atoms with Crippen LogP contribution in [0.4, 0.5) is 0 Å². The van der Waals surface area contributed by atoms with Crippen molar-refractivity contribution in [2.24, 2.45) is 0 Å². The van der Waals surface area contributed by atoms with Gasteiger partial charge in [0.25, 0.3) is 5.91 Å². The van der Waals surface area contributed by atoms with Gasteiger partial charge in [-0.25, -0.2) is 0 Å². The maximum atomic E-state index is 12.2. The highest BCUT2D eigenvalue weighted by Crippen LogP contribution is 2.28. The van der Waals surface area contributed by atoms with Gasteiger partial charge in [0.2, 0.25) is 0 Å². The lowest BCUT2D eigenvalue weighted by Gasteiger charge is -2.25. The minimum Gasteiger partial charge on any atom is -0.493 e. The van der Waals surface area contributed by atoms with E-state index in [2.05, 4.69) is 31.3 Å². The Labute approximate surface area is 155 Å². The summed E-state index contributed by atoms with van der Waals surface area (Å²) < 4.78 is 11.0. The van der Waals surface area contributed by atoms with Gasteiger partial charge in [-0.2, -0.15) is 0 Å². The molecule has 0 aliphatic carbocycles. The Bertz CT molecular complexity index is 751. The molecule has 0 saturated heterocycles. The lowest BCUT2D eigenvalue weighted by Crippen LogP contribution is -2.38. The molecule has 2 aromatic rings. The number of hydrogen-bond donors (Lipinski definition) is 1. The number of carbonyl (C=O) groups is 1. The van der Waals surface area contributed by atoms with Gasteiger partial charge in [0.15, 0.2) is 18.1 Å². The standard InChI is InChI=1S/C22H27NO3/c1-5-9-17-12-13-19(20(14-17)25-4)26-15-21(24)23-16-22(2,3)18-10-7-6-8-11-18/h5-14H,15-16H2,1-4H3,(H,23,24)/b9-5+. The van der Waals surface area contributed by atoms with Crippen molar-refractivity contribution in [2.45, 2.75) is 26.2 Å². The summed E-state index contributed by atoms with van der Waals surface area (Å²) in [7, 11) is 1.59. The van der Waals surface area contributed by atoms with Crippen LogP contribution in [0.3, 0.4) is 0 Å². The first kappa shape index (κ1) is 19.6. The molecule has 0 aromatic heterocycles. The van der Waals surface area contributed by atoms with Crippen LogP contribution in [0.1, 0.15) is 31.9 Å². The minimum absolute atomic E-state index is 0.0514. The first-order valence-electron chi connectivity index (χ1n) is 8.72. The van der Waals surface area contributed by atoms with E-state index in [-0.39, 0.29) is 17.9 Å². The van der Waals surface area contributed by atoms with E-state index in [1.165, 1.54) is 5.56 Å². The molecule has 0 aliphatic rings. The van der Waals surface area contributed by atoms with Crippen molar-refractivity contribution in [1.29, 1.82) is 0 Å². The van der Waals surface area contributed by atoms with Crippen LogP contribution in [0.2, 0.25) is 0 Å². The van der Waals surface area contributed by atoms with Crippen molar-refractivity contribution in [1.82, 2.24) is 5.32 Å². The molecule has 1 N–H and O–H groups in total. The number of methoxy groups -OCH3 is 1. The van der Waals surface area contributed by atoms with Crippen molar-refractivity contribution in [3.05, 3.63) is 65.7 Å². The molecule has 4 heteroatoms. The van der Waals surface area contributed by atoms with Crippen LogP contribution in [0.5, 0.6) is 11.5 Å². The molecular weight excluding hydrogens is 326 g/mol. The van der Waals surface area contributed by atoms with E-state index in [9.17, 15) is 4.79 Å². The minimum atomic E-state index is -0.159. The van der Waals surface area contributed by atoms with Gasteiger partial charge >= 0.3 is 0 Å². The van der Waals surface area contributed by atoms with E-state index in [4.69, 9.17) is 9.47 Å². The predicted octanol–water partition coefficient (Wildman–Crippen LogP) is 4.20. The molecule has 26 heavy (non-hydrogen) atoms. The van der Waals surface area contributed by atoms with Gasteiger partial charge in [-0.15, -0.1) is 0 Å². The van der Waals surface area contributed by atoms with E-state index < -0.39 is 0 Å². The van der Waals surface area contributed by atoms with E-state index >= 15 is 0 Å². The van der Waals surface area contributed by atoms with Crippen molar-refractivity contribution in [3.63, 3.8) is 0 Å². The summed E-state index contributed by atoms with van der Waals surface area (Å²) in [6, 6.07) is 15.8. The smallest absolute Gasteiger partial charge is 0.257 e. The molecule has 0 unspecified atom stereocenters. The SMILES string of the molecule is C/C=C/c1ccc(OCC(=O)NCC(C)(C)c2ccccc2)c(OC)c1. The molecule has 0 saturated carbocycles. The molecule has 2 rings (SSSR count). The van der Waals surface area contributed by atoms with Crippen LogP contribution in [-0.4, -0.2) is 26.2 Å². The van der Waals surface area contributed by atoms with Crippen LogP contribution < -0.4 is 14.8 Å². The number of rotatable bonds is 8. The maximum absolute atomic E-state index is 12.2. The third-order valence-corrected chi connectivity index (χ3v) is 4.19. The van der Waals surface area contributed by atoms with Crippen LogP contribution in [0.15, 0.2) is 54.6 Å². The molecule has 0 atom stereocenters. The summed E-state index contributed by atoms with van der Waals surface area (Å²) in [4.78, 5) is 12.2. The van der Waals surface area contributed by atoms with Gasteiger partial charge in [0.05, 0.1) is 7.11 Å². The summed E-state index contributed by atoms with van der Waals surface area (Å²) in [5, 5.41) is 2.94. The molecule has 0 aliphatic heterocycles. The second-order valence-corrected chi connectivity index (χ2v) is 6.73. The molecule has 0 bridgehead atoms. The Hall–Kier alpha value is -2.75. The number of hydrogen-bond acceptors (Lipinski definition) is 3. The maximum Gasteiger partial charge on any atom is 0.257 e. The number of nitrogens with one attached hydrogen (secondary N) is 1. The van der Waals surface area contributed by atoms with Crippen molar-refractivity contribution >= 4 is 12.0 Å². The zero-order chi connectivity index (χ0) is 19.0. The fourth-order valence-electron chi connectivity index (χ4n) is 2.60. The van der Waals surface area contributed by atoms with Gasteiger partial charge in [0.1, 0.15) is 0 Å². The number of benzene rings is 2. The second kappa shape index (κ2) is 9.09. The average molecular weight is 353 g/mol. The van der Waals surface area contributed by atoms with Gasteiger partial charge in [-0.3, -0.25) is 4.79 Å². The normalized spacial score (nSPS) is 11.4. The van der Waals surface area contributed by atoms with E-state index in [0.717, 1.165) is 5.56 Å². The highest BCUT2D eigenvalue weighted by atomic mass is 16.5. The Morgan fingerprint density at radius 1 is 1.12 bits per heavy atom. The molecule has 138 valence electrons. The van der Waals surface area contributed by atoms with Crippen molar-refractivity contribution in [3.8, 4) is 11.5 Å². The highest BCUT2D eigenvalue weighted by molar-refractivity contribution is 5.77. The van der Waals surface area contributed by atoms with Crippen LogP contribution in [0, 0.1) is 0 Å². The van der Waals surface area contributed by atoms with E-state index in [1.54, 1.807) is 7.11 Å². The summed E-state index contributed by atoms with van der Waals surface area (Å²) in [6.07, 6.45) is 3.93. The van der Waals surface area contributed by atoms with Gasteiger partial charge in [-0.05, 0) is 30.2 Å². The zero-order valence-electron chi connectivity index (χ0n) is 15.9. The average Bonchev–Trinajstić information content (AvgIpc) is 2.66. The monoisotopic (exact) mass is 353 g/mol. The summed E-state index contributed by atoms with van der Waals surface area (Å²) in [5.41, 5.74) is 2.05. The van der Waals surface area contributed by atoms with Crippen LogP contribution in [-0.2, 0) is 10.2 Å². The van der Waals surface area contributed by atoms with Gasteiger partial charge in [0, 0.05) is 12.0 Å². The molecule has 0 fully saturated rings. The zero-order valence-corrected chi connectivity index (χ0v) is 15.9. The number of carbonyl (C=O) groups excluding carboxylic acids is 1. The fraction of sp³-hybridized carbons (Fsp3) is 0.318. The Morgan fingerprint density at radius 2 is 1.85 bits per heavy atom. The van der Waals surface area contributed by atoms with Crippen LogP contribution >= 0.6 is 0 Å². The van der Waals surface area contributed by atoms with E-state index in [0.29, 0.717) is 18.0 Å². The Kier molecular flexibility index (Phi) is 6.84. The van der Waals surface area contributed by atoms with Crippen molar-refractivity contribution in [2.75, 3.05) is 20.3 Å². The molecule has 2 aromatic carbocycles. The first-order valence-corrected chi connectivity index (χ1v) is 8.72. The number of amides is 1. The summed E-state index contributed by atoms with van der Waals surface area (Å²) >= 11 is 0. The fourth-order valence-corrected chi connectivity index (χ4v) is 2.60. The predicted molar refractivity (Wildman–Crippen MR) is 106 cm³/mol. The number of allylic oxidation sites excluding steroid dienone is 1. The topological polar surface area (TPSA) is 47.6 Å². The molecule has 0 radical (unpaired) electrons. The summed E-state index contributed by atoms with van der Waals surface area (Å²) in [5.74, 6) is 1.00. The second-order valence-electron chi connectivity index (χ2n) is 6.73. The van der Waals surface area contributed by atoms with E-state index in [1.807, 2.05) is 55.5 Å². The Balaban J connectivity index is 1.91. The largest absolute Gasteiger partial charge is 0.493 e. The third-order valence-electron chi connectivity index (χ3n) is 4.19. The van der Waals surface area contributed by atoms with Crippen LogP contribution in [0.25, 0.3) is 6.08 Å². The lowest BCUT2D eigenvalue weighted by molar-refractivity contribution is -0.123. The first-order chi connectivity index (χ1) is 12.5. The lowest BCUT2D eigenvalue weighted by atomic mass is 9.84. The molecular formula is C22H27NO3. The molecule has 1 amide bonds. The Morgan fingerprint density at radius 3 is 2.50 bits per heavy atom. The quantitative estimate of drug-likeness (QED) is 0.774. The highest BCUT2D eigenvalue weighted by Gasteiger charge is 2.21. The van der Waals surface area contributed by atoms with Crippen molar-refractivity contribution < 1.29 is 14.3 Å². The van der Waals surface area contributed by atoms with Gasteiger partial charge in [-0.1, -0.05) is 62.4 Å².